The second-order valence-corrected chi connectivity index (χ2v) is 4.96. The van der Waals surface area contributed by atoms with Crippen molar-refractivity contribution in [2.45, 2.75) is 30.5 Å². The Labute approximate surface area is 94.6 Å². The van der Waals surface area contributed by atoms with Crippen molar-refractivity contribution in [1.29, 1.82) is 0 Å². The van der Waals surface area contributed by atoms with Gasteiger partial charge in [0.05, 0.1) is 13.2 Å². The van der Waals surface area contributed by atoms with Crippen molar-refractivity contribution in [2.24, 2.45) is 0 Å². The SMILES string of the molecule is CCC1SCc2c(OC)cccc2C1O. The van der Waals surface area contributed by atoms with Crippen molar-refractivity contribution >= 4 is 11.8 Å². The van der Waals surface area contributed by atoms with E-state index in [1.165, 1.54) is 0 Å². The van der Waals surface area contributed by atoms with E-state index in [-0.39, 0.29) is 6.10 Å². The number of thioether (sulfide) groups is 1. The number of benzene rings is 1. The van der Waals surface area contributed by atoms with Gasteiger partial charge in [0.25, 0.3) is 0 Å². The summed E-state index contributed by atoms with van der Waals surface area (Å²) in [6.07, 6.45) is 0.654. The number of ether oxygens (including phenoxy) is 1. The molecule has 1 aromatic rings. The fourth-order valence-electron chi connectivity index (χ4n) is 2.03. The van der Waals surface area contributed by atoms with Gasteiger partial charge >= 0.3 is 0 Å². The Kier molecular flexibility index (Phi) is 3.22. The monoisotopic (exact) mass is 224 g/mol. The van der Waals surface area contributed by atoms with Crippen LogP contribution in [-0.4, -0.2) is 17.5 Å². The van der Waals surface area contributed by atoms with E-state index in [1.54, 1.807) is 7.11 Å². The van der Waals surface area contributed by atoms with E-state index < -0.39 is 0 Å². The van der Waals surface area contributed by atoms with Crippen molar-refractivity contribution in [3.05, 3.63) is 29.3 Å². The molecule has 1 aliphatic rings. The molecular weight excluding hydrogens is 208 g/mol. The van der Waals surface area contributed by atoms with Gasteiger partial charge in [0.2, 0.25) is 0 Å². The summed E-state index contributed by atoms with van der Waals surface area (Å²) >= 11 is 1.81. The van der Waals surface area contributed by atoms with E-state index in [0.717, 1.165) is 29.1 Å². The van der Waals surface area contributed by atoms with Crippen LogP contribution in [0.15, 0.2) is 18.2 Å². The fraction of sp³-hybridized carbons (Fsp3) is 0.500. The zero-order valence-corrected chi connectivity index (χ0v) is 9.88. The minimum atomic E-state index is -0.348. The molecule has 0 spiro atoms. The number of aliphatic hydroxyl groups excluding tert-OH is 1. The lowest BCUT2D eigenvalue weighted by molar-refractivity contribution is 0.169. The Bertz CT molecular complexity index is 351. The molecule has 0 amide bonds. The summed E-state index contributed by atoms with van der Waals surface area (Å²) in [5.74, 6) is 1.84. The van der Waals surface area contributed by atoms with Gasteiger partial charge in [0, 0.05) is 16.6 Å². The highest BCUT2D eigenvalue weighted by atomic mass is 32.2. The number of methoxy groups -OCH3 is 1. The molecule has 2 rings (SSSR count). The first-order valence-electron chi connectivity index (χ1n) is 5.23. The number of aliphatic hydroxyl groups is 1. The first-order valence-corrected chi connectivity index (χ1v) is 6.28. The van der Waals surface area contributed by atoms with Crippen LogP contribution in [0, 0.1) is 0 Å². The maximum Gasteiger partial charge on any atom is 0.123 e. The Morgan fingerprint density at radius 3 is 3.00 bits per heavy atom. The molecule has 2 nitrogen and oxygen atoms in total. The van der Waals surface area contributed by atoms with Crippen LogP contribution in [0.4, 0.5) is 0 Å². The highest BCUT2D eigenvalue weighted by Gasteiger charge is 2.28. The van der Waals surface area contributed by atoms with Crippen LogP contribution in [0.2, 0.25) is 0 Å². The largest absolute Gasteiger partial charge is 0.496 e. The molecular formula is C12H16O2S. The van der Waals surface area contributed by atoms with Crippen LogP contribution in [0.25, 0.3) is 0 Å². The Morgan fingerprint density at radius 1 is 1.53 bits per heavy atom. The summed E-state index contributed by atoms with van der Waals surface area (Å²) in [7, 11) is 1.68. The van der Waals surface area contributed by atoms with Crippen molar-refractivity contribution in [3.63, 3.8) is 0 Å². The lowest BCUT2D eigenvalue weighted by Crippen LogP contribution is -2.20. The standard InChI is InChI=1S/C12H16O2S/c1-3-11-12(13)8-5-4-6-10(14-2)9(8)7-15-11/h4-6,11-13H,3,7H2,1-2H3. The molecule has 1 aliphatic heterocycles. The van der Waals surface area contributed by atoms with Gasteiger partial charge in [-0.15, -0.1) is 0 Å². The molecule has 15 heavy (non-hydrogen) atoms. The van der Waals surface area contributed by atoms with Crippen LogP contribution in [0.3, 0.4) is 0 Å². The zero-order valence-electron chi connectivity index (χ0n) is 9.06. The molecule has 0 radical (unpaired) electrons. The van der Waals surface area contributed by atoms with Crippen LogP contribution < -0.4 is 4.74 Å². The van der Waals surface area contributed by atoms with Gasteiger partial charge in [-0.3, -0.25) is 0 Å². The van der Waals surface area contributed by atoms with E-state index in [1.807, 2.05) is 30.0 Å². The molecule has 0 aromatic heterocycles. The predicted molar refractivity (Wildman–Crippen MR) is 63.3 cm³/mol. The summed E-state index contributed by atoms with van der Waals surface area (Å²) in [4.78, 5) is 0. The molecule has 2 atom stereocenters. The summed E-state index contributed by atoms with van der Waals surface area (Å²) in [6.45, 7) is 2.12. The predicted octanol–water partition coefficient (Wildman–Crippen LogP) is 2.75. The van der Waals surface area contributed by atoms with Crippen LogP contribution in [0.5, 0.6) is 5.75 Å². The van der Waals surface area contributed by atoms with Gasteiger partial charge in [-0.05, 0) is 18.1 Å². The summed E-state index contributed by atoms with van der Waals surface area (Å²) < 4.78 is 5.31. The van der Waals surface area contributed by atoms with Crippen molar-refractivity contribution in [1.82, 2.24) is 0 Å². The minimum absolute atomic E-state index is 0.324. The molecule has 0 saturated carbocycles. The van der Waals surface area contributed by atoms with Gasteiger partial charge in [0.1, 0.15) is 5.75 Å². The van der Waals surface area contributed by atoms with Crippen molar-refractivity contribution in [2.75, 3.05) is 7.11 Å². The molecule has 0 bridgehead atoms. The van der Waals surface area contributed by atoms with E-state index in [0.29, 0.717) is 5.25 Å². The van der Waals surface area contributed by atoms with Gasteiger partial charge in [-0.2, -0.15) is 11.8 Å². The Morgan fingerprint density at radius 2 is 2.33 bits per heavy atom. The van der Waals surface area contributed by atoms with E-state index >= 15 is 0 Å². The number of fused-ring (bicyclic) bond motifs is 1. The number of rotatable bonds is 2. The highest BCUT2D eigenvalue weighted by molar-refractivity contribution is 7.99. The molecule has 0 saturated heterocycles. The van der Waals surface area contributed by atoms with Crippen LogP contribution in [0.1, 0.15) is 30.6 Å². The summed E-state index contributed by atoms with van der Waals surface area (Å²) in [5, 5.41) is 10.5. The van der Waals surface area contributed by atoms with Gasteiger partial charge in [0.15, 0.2) is 0 Å². The van der Waals surface area contributed by atoms with Crippen LogP contribution >= 0.6 is 11.8 Å². The second kappa shape index (κ2) is 4.45. The molecule has 1 aromatic carbocycles. The Balaban J connectivity index is 2.40. The van der Waals surface area contributed by atoms with E-state index in [9.17, 15) is 5.11 Å². The molecule has 1 heterocycles. The molecule has 2 unspecified atom stereocenters. The third-order valence-electron chi connectivity index (χ3n) is 2.90. The van der Waals surface area contributed by atoms with Gasteiger partial charge < -0.3 is 9.84 Å². The Hall–Kier alpha value is -0.670. The maximum atomic E-state index is 10.2. The van der Waals surface area contributed by atoms with Crippen molar-refractivity contribution in [3.8, 4) is 5.75 Å². The highest BCUT2D eigenvalue weighted by Crippen LogP contribution is 2.42. The average Bonchev–Trinajstić information content (AvgIpc) is 2.29. The summed E-state index contributed by atoms with van der Waals surface area (Å²) in [5.41, 5.74) is 2.20. The van der Waals surface area contributed by atoms with E-state index in [2.05, 4.69) is 6.92 Å². The van der Waals surface area contributed by atoms with Crippen LogP contribution in [-0.2, 0) is 5.75 Å². The first-order chi connectivity index (χ1) is 7.27. The third-order valence-corrected chi connectivity index (χ3v) is 4.38. The maximum absolute atomic E-state index is 10.2. The quantitative estimate of drug-likeness (QED) is 0.837. The van der Waals surface area contributed by atoms with E-state index in [4.69, 9.17) is 4.74 Å². The summed E-state index contributed by atoms with van der Waals surface area (Å²) in [6, 6.07) is 5.91. The molecule has 0 fully saturated rings. The minimum Gasteiger partial charge on any atom is -0.496 e. The third kappa shape index (κ3) is 1.86. The lowest BCUT2D eigenvalue weighted by atomic mass is 9.98. The van der Waals surface area contributed by atoms with Crippen molar-refractivity contribution < 1.29 is 9.84 Å². The number of hydrogen-bond donors (Lipinski definition) is 1. The average molecular weight is 224 g/mol. The molecule has 82 valence electrons. The molecule has 3 heteroatoms. The molecule has 1 N–H and O–H groups in total. The van der Waals surface area contributed by atoms with Gasteiger partial charge in [-0.1, -0.05) is 19.1 Å². The van der Waals surface area contributed by atoms with Gasteiger partial charge in [-0.25, -0.2) is 0 Å². The fourth-order valence-corrected chi connectivity index (χ4v) is 3.28. The lowest BCUT2D eigenvalue weighted by Gasteiger charge is -2.29. The number of hydrogen-bond acceptors (Lipinski definition) is 3. The normalized spacial score (nSPS) is 24.7. The molecule has 0 aliphatic carbocycles. The zero-order chi connectivity index (χ0) is 10.8. The second-order valence-electron chi connectivity index (χ2n) is 3.73. The topological polar surface area (TPSA) is 29.5 Å². The first kappa shape index (κ1) is 10.8. The smallest absolute Gasteiger partial charge is 0.123 e.